The minimum atomic E-state index is -1.04. The van der Waals surface area contributed by atoms with E-state index in [9.17, 15) is 18.7 Å². The molecule has 0 aromatic heterocycles. The summed E-state index contributed by atoms with van der Waals surface area (Å²) in [4.78, 5) is 13.9. The van der Waals surface area contributed by atoms with Crippen LogP contribution >= 0.6 is 0 Å². The number of rotatable bonds is 4. The van der Waals surface area contributed by atoms with Gasteiger partial charge in [0.1, 0.15) is 29.6 Å². The minimum Gasteiger partial charge on any atom is -0.491 e. The van der Waals surface area contributed by atoms with Gasteiger partial charge in [-0.15, -0.1) is 0 Å². The number of aryl methyl sites for hydroxylation is 2. The van der Waals surface area contributed by atoms with Crippen molar-refractivity contribution in [1.29, 1.82) is 0 Å². The Morgan fingerprint density at radius 3 is 2.30 bits per heavy atom. The Kier molecular flexibility index (Phi) is 5.46. The fourth-order valence-electron chi connectivity index (χ4n) is 3.15. The van der Waals surface area contributed by atoms with E-state index in [-0.39, 0.29) is 12.2 Å². The van der Waals surface area contributed by atoms with Crippen molar-refractivity contribution in [1.82, 2.24) is 4.90 Å². The van der Waals surface area contributed by atoms with Gasteiger partial charge >= 0.3 is 0 Å². The number of halogens is 2. The van der Waals surface area contributed by atoms with Crippen LogP contribution in [0.2, 0.25) is 0 Å². The average molecular weight is 375 g/mol. The maximum atomic E-state index is 13.3. The van der Waals surface area contributed by atoms with Gasteiger partial charge in [-0.2, -0.15) is 0 Å². The molecule has 1 heterocycles. The molecule has 0 aliphatic carbocycles. The number of benzene rings is 2. The Morgan fingerprint density at radius 1 is 1.07 bits per heavy atom. The van der Waals surface area contributed by atoms with Gasteiger partial charge in [0.25, 0.3) is 5.91 Å². The van der Waals surface area contributed by atoms with Crippen LogP contribution in [0.15, 0.2) is 36.4 Å². The van der Waals surface area contributed by atoms with Crippen molar-refractivity contribution in [3.05, 3.63) is 64.7 Å². The summed E-state index contributed by atoms with van der Waals surface area (Å²) in [6.45, 7) is 4.74. The summed E-state index contributed by atoms with van der Waals surface area (Å²) >= 11 is 0. The van der Waals surface area contributed by atoms with Crippen LogP contribution in [0.5, 0.6) is 5.75 Å². The molecule has 0 saturated carbocycles. The third-order valence-corrected chi connectivity index (χ3v) is 5.08. The zero-order valence-electron chi connectivity index (χ0n) is 15.5. The molecule has 1 amide bonds. The Balaban J connectivity index is 1.58. The van der Waals surface area contributed by atoms with E-state index in [1.165, 1.54) is 10.5 Å². The summed E-state index contributed by atoms with van der Waals surface area (Å²) < 4.78 is 32.4. The Bertz CT molecular complexity index is 825. The number of carbonyl (C=O) groups excluding carboxylic acids is 1. The average Bonchev–Trinajstić information content (AvgIpc) is 2.62. The second-order valence-electron chi connectivity index (χ2n) is 7.21. The summed E-state index contributed by atoms with van der Waals surface area (Å²) in [5.74, 6) is -1.31. The normalized spacial score (nSPS) is 16.3. The summed E-state index contributed by atoms with van der Waals surface area (Å²) in [6.07, 6.45) is 0.669. The molecule has 1 saturated heterocycles. The zero-order chi connectivity index (χ0) is 19.6. The summed E-state index contributed by atoms with van der Waals surface area (Å²) in [5, 5.41) is 10.7. The molecule has 2 aromatic carbocycles. The first-order chi connectivity index (χ1) is 12.8. The predicted octanol–water partition coefficient (Wildman–Crippen LogP) is 3.63. The molecule has 0 unspecified atom stereocenters. The first-order valence-electron chi connectivity index (χ1n) is 8.94. The highest BCUT2D eigenvalue weighted by atomic mass is 19.1. The maximum Gasteiger partial charge on any atom is 0.254 e. The third-order valence-electron chi connectivity index (χ3n) is 5.08. The largest absolute Gasteiger partial charge is 0.491 e. The van der Waals surface area contributed by atoms with Gasteiger partial charge in [-0.1, -0.05) is 6.07 Å². The molecule has 3 rings (SSSR count). The van der Waals surface area contributed by atoms with Crippen LogP contribution in [-0.4, -0.2) is 41.2 Å². The molecular formula is C21H23F2NO3. The number of piperidine rings is 1. The molecule has 2 aromatic rings. The number of carbonyl (C=O) groups is 1. The summed E-state index contributed by atoms with van der Waals surface area (Å²) in [7, 11) is 0. The van der Waals surface area contributed by atoms with Crippen LogP contribution in [-0.2, 0) is 0 Å². The fourth-order valence-corrected chi connectivity index (χ4v) is 3.15. The topological polar surface area (TPSA) is 49.8 Å². The number of aliphatic hydroxyl groups is 1. The van der Waals surface area contributed by atoms with E-state index in [4.69, 9.17) is 4.74 Å². The van der Waals surface area contributed by atoms with Gasteiger partial charge in [0.05, 0.1) is 0 Å². The molecule has 0 radical (unpaired) electrons. The summed E-state index contributed by atoms with van der Waals surface area (Å²) in [6, 6.07) is 8.53. The lowest BCUT2D eigenvalue weighted by Crippen LogP contribution is -2.49. The zero-order valence-corrected chi connectivity index (χ0v) is 15.5. The quantitative estimate of drug-likeness (QED) is 0.888. The Labute approximate surface area is 157 Å². The van der Waals surface area contributed by atoms with Gasteiger partial charge in [-0.05, 0) is 62.1 Å². The van der Waals surface area contributed by atoms with Gasteiger partial charge in [-0.3, -0.25) is 4.79 Å². The Morgan fingerprint density at radius 2 is 1.70 bits per heavy atom. The van der Waals surface area contributed by atoms with E-state index in [2.05, 4.69) is 0 Å². The molecule has 144 valence electrons. The van der Waals surface area contributed by atoms with Crippen LogP contribution in [0.25, 0.3) is 0 Å². The highest BCUT2D eigenvalue weighted by Gasteiger charge is 2.35. The molecule has 27 heavy (non-hydrogen) atoms. The predicted molar refractivity (Wildman–Crippen MR) is 97.9 cm³/mol. The smallest absolute Gasteiger partial charge is 0.254 e. The van der Waals surface area contributed by atoms with E-state index in [0.717, 1.165) is 23.8 Å². The number of nitrogens with zero attached hydrogens (tertiary/aromatic N) is 1. The van der Waals surface area contributed by atoms with Crippen molar-refractivity contribution in [3.63, 3.8) is 0 Å². The van der Waals surface area contributed by atoms with E-state index in [1.807, 2.05) is 32.0 Å². The highest BCUT2D eigenvalue weighted by molar-refractivity contribution is 5.94. The van der Waals surface area contributed by atoms with Crippen molar-refractivity contribution < 1.29 is 23.4 Å². The third kappa shape index (κ3) is 4.63. The molecule has 0 bridgehead atoms. The van der Waals surface area contributed by atoms with Crippen molar-refractivity contribution in [2.24, 2.45) is 0 Å². The van der Waals surface area contributed by atoms with Gasteiger partial charge in [-0.25, -0.2) is 8.78 Å². The van der Waals surface area contributed by atoms with E-state index in [1.54, 1.807) is 0 Å². The molecule has 6 heteroatoms. The Hall–Kier alpha value is -2.47. The minimum absolute atomic E-state index is 0.0238. The second kappa shape index (κ2) is 7.64. The number of ether oxygens (including phenoxy) is 1. The first kappa shape index (κ1) is 19.3. The van der Waals surface area contributed by atoms with Crippen molar-refractivity contribution in [2.45, 2.75) is 32.3 Å². The lowest BCUT2D eigenvalue weighted by molar-refractivity contribution is -0.0475. The van der Waals surface area contributed by atoms with Crippen molar-refractivity contribution >= 4 is 5.91 Å². The van der Waals surface area contributed by atoms with Crippen LogP contribution in [0.1, 0.15) is 34.3 Å². The van der Waals surface area contributed by atoms with Crippen LogP contribution in [0.4, 0.5) is 8.78 Å². The van der Waals surface area contributed by atoms with Gasteiger partial charge in [0.2, 0.25) is 0 Å². The molecular weight excluding hydrogens is 352 g/mol. The SMILES string of the molecule is Cc1ccc(OCC2(O)CCN(C(=O)c3cc(F)cc(F)c3)CC2)cc1C. The van der Waals surface area contributed by atoms with E-state index < -0.39 is 23.1 Å². The van der Waals surface area contributed by atoms with Crippen molar-refractivity contribution in [2.75, 3.05) is 19.7 Å². The number of hydrogen-bond acceptors (Lipinski definition) is 3. The number of hydrogen-bond donors (Lipinski definition) is 1. The molecule has 1 aliphatic rings. The number of amides is 1. The highest BCUT2D eigenvalue weighted by Crippen LogP contribution is 2.26. The summed E-state index contributed by atoms with van der Waals surface area (Å²) in [5.41, 5.74) is 1.22. The van der Waals surface area contributed by atoms with Gasteiger partial charge < -0.3 is 14.7 Å². The monoisotopic (exact) mass is 375 g/mol. The first-order valence-corrected chi connectivity index (χ1v) is 8.94. The van der Waals surface area contributed by atoms with Gasteiger partial charge in [0.15, 0.2) is 0 Å². The van der Waals surface area contributed by atoms with Crippen LogP contribution < -0.4 is 4.74 Å². The molecule has 1 aliphatic heterocycles. The number of likely N-dealkylation sites (tertiary alicyclic amines) is 1. The molecule has 1 N–H and O–H groups in total. The molecule has 0 spiro atoms. The molecule has 4 nitrogen and oxygen atoms in total. The molecule has 1 fully saturated rings. The maximum absolute atomic E-state index is 13.3. The second-order valence-corrected chi connectivity index (χ2v) is 7.21. The van der Waals surface area contributed by atoms with E-state index in [0.29, 0.717) is 31.7 Å². The van der Waals surface area contributed by atoms with Crippen LogP contribution in [0, 0.1) is 25.5 Å². The molecule has 0 atom stereocenters. The lowest BCUT2D eigenvalue weighted by Gasteiger charge is -2.38. The standard InChI is InChI=1S/C21H23F2NO3/c1-14-3-4-19(9-15(14)2)27-13-21(26)5-7-24(8-6-21)20(25)16-10-17(22)12-18(23)11-16/h3-4,9-12,26H,5-8,13H2,1-2H3. The fraction of sp³-hybridized carbons (Fsp3) is 0.381. The van der Waals surface area contributed by atoms with Crippen molar-refractivity contribution in [3.8, 4) is 5.75 Å². The lowest BCUT2D eigenvalue weighted by atomic mass is 9.92. The van der Waals surface area contributed by atoms with Crippen LogP contribution in [0.3, 0.4) is 0 Å². The van der Waals surface area contributed by atoms with Gasteiger partial charge in [0, 0.05) is 24.7 Å². The van der Waals surface area contributed by atoms with E-state index >= 15 is 0 Å².